The van der Waals surface area contributed by atoms with Gasteiger partial charge in [-0.15, -0.1) is 0 Å². The Kier molecular flexibility index (Phi) is 5.71. The second-order valence-electron chi connectivity index (χ2n) is 5.16. The van der Waals surface area contributed by atoms with Crippen molar-refractivity contribution in [2.75, 3.05) is 31.8 Å². The molecule has 7 heteroatoms. The quantitative estimate of drug-likeness (QED) is 0.690. The summed E-state index contributed by atoms with van der Waals surface area (Å²) in [4.78, 5) is 23.6. The van der Waals surface area contributed by atoms with E-state index in [9.17, 15) is 9.70 Å². The second kappa shape index (κ2) is 7.74. The summed E-state index contributed by atoms with van der Waals surface area (Å²) in [6, 6.07) is 6.91. The first-order chi connectivity index (χ1) is 10.6. The van der Waals surface area contributed by atoms with Gasteiger partial charge in [-0.25, -0.2) is 4.79 Å². The van der Waals surface area contributed by atoms with Crippen LogP contribution >= 0.6 is 0 Å². The maximum absolute atomic E-state index is 11.8. The van der Waals surface area contributed by atoms with Crippen molar-refractivity contribution >= 4 is 11.8 Å². The minimum Gasteiger partial charge on any atom is -0.494 e. The zero-order chi connectivity index (χ0) is 15.9. The van der Waals surface area contributed by atoms with E-state index in [1.807, 2.05) is 0 Å². The van der Waals surface area contributed by atoms with E-state index in [1.54, 1.807) is 43.2 Å². The van der Waals surface area contributed by atoms with E-state index in [1.165, 1.54) is 0 Å². The van der Waals surface area contributed by atoms with Gasteiger partial charge in [0.1, 0.15) is 11.9 Å². The van der Waals surface area contributed by atoms with E-state index in [0.717, 1.165) is 5.69 Å². The summed E-state index contributed by atoms with van der Waals surface area (Å²) >= 11 is 0. The van der Waals surface area contributed by atoms with Crippen LogP contribution < -0.4 is 9.64 Å². The number of carbonyl (C=O) groups is 1. The molecule has 7 nitrogen and oxygen atoms in total. The minimum absolute atomic E-state index is 0.245. The summed E-state index contributed by atoms with van der Waals surface area (Å²) in [6.45, 7) is 3.02. The van der Waals surface area contributed by atoms with E-state index in [4.69, 9.17) is 14.2 Å². The van der Waals surface area contributed by atoms with Crippen molar-refractivity contribution in [2.24, 2.45) is 5.18 Å². The summed E-state index contributed by atoms with van der Waals surface area (Å²) in [5.41, 5.74) is 0.749. The highest BCUT2D eigenvalue weighted by Crippen LogP contribution is 2.24. The van der Waals surface area contributed by atoms with Crippen LogP contribution in [0, 0.1) is 4.91 Å². The lowest BCUT2D eigenvalue weighted by molar-refractivity contribution is 0.0718. The number of carbonyl (C=O) groups excluding carboxylic acids is 1. The largest absolute Gasteiger partial charge is 0.494 e. The van der Waals surface area contributed by atoms with Crippen molar-refractivity contribution in [2.45, 2.75) is 25.5 Å². The molecule has 0 bridgehead atoms. The van der Waals surface area contributed by atoms with E-state index < -0.39 is 0 Å². The van der Waals surface area contributed by atoms with Crippen molar-refractivity contribution in [3.63, 3.8) is 0 Å². The summed E-state index contributed by atoms with van der Waals surface area (Å²) < 4.78 is 15.7. The Hall–Kier alpha value is -2.15. The number of nitroso groups, excluding NO2 is 1. The Morgan fingerprint density at radius 3 is 2.77 bits per heavy atom. The number of nitrogens with zero attached hydrogens (tertiary/aromatic N) is 2. The number of rotatable bonds is 8. The molecule has 0 saturated carbocycles. The molecule has 120 valence electrons. The maximum Gasteiger partial charge on any atom is 0.414 e. The van der Waals surface area contributed by atoms with Crippen LogP contribution in [0.3, 0.4) is 0 Å². The Morgan fingerprint density at radius 2 is 2.14 bits per heavy atom. The molecule has 0 radical (unpaired) electrons. The van der Waals surface area contributed by atoms with Gasteiger partial charge in [-0.3, -0.25) is 4.90 Å². The Bertz CT molecular complexity index is 505. The maximum atomic E-state index is 11.8. The van der Waals surface area contributed by atoms with Crippen LogP contribution in [-0.2, 0) is 9.47 Å². The van der Waals surface area contributed by atoms with E-state index in [2.05, 4.69) is 5.18 Å². The molecular weight excluding hydrogens is 288 g/mol. The van der Waals surface area contributed by atoms with Crippen LogP contribution in [0.5, 0.6) is 5.75 Å². The van der Waals surface area contributed by atoms with Crippen LogP contribution in [-0.4, -0.2) is 45.1 Å². The SMILES string of the molecule is COCC1CN(c2ccc(OCCC(C)N=O)cc2)C(=O)O1. The first-order valence-electron chi connectivity index (χ1n) is 7.16. The average molecular weight is 308 g/mol. The number of hydrogen-bond acceptors (Lipinski definition) is 6. The van der Waals surface area contributed by atoms with E-state index in [0.29, 0.717) is 31.9 Å². The van der Waals surface area contributed by atoms with Crippen molar-refractivity contribution in [3.8, 4) is 5.75 Å². The van der Waals surface area contributed by atoms with Gasteiger partial charge in [0, 0.05) is 19.2 Å². The third-order valence-electron chi connectivity index (χ3n) is 3.36. The Labute approximate surface area is 129 Å². The number of amides is 1. The van der Waals surface area contributed by atoms with Crippen LogP contribution in [0.2, 0.25) is 0 Å². The molecule has 1 saturated heterocycles. The van der Waals surface area contributed by atoms with Crippen LogP contribution in [0.1, 0.15) is 13.3 Å². The van der Waals surface area contributed by atoms with Crippen molar-refractivity contribution in [1.82, 2.24) is 0 Å². The smallest absolute Gasteiger partial charge is 0.414 e. The predicted octanol–water partition coefficient (Wildman–Crippen LogP) is 2.58. The summed E-state index contributed by atoms with van der Waals surface area (Å²) in [5.74, 6) is 0.683. The minimum atomic E-state index is -0.374. The molecule has 0 spiro atoms. The molecule has 0 aromatic heterocycles. The molecule has 22 heavy (non-hydrogen) atoms. The van der Waals surface area contributed by atoms with Gasteiger partial charge in [-0.2, -0.15) is 4.91 Å². The fourth-order valence-electron chi connectivity index (χ4n) is 2.13. The summed E-state index contributed by atoms with van der Waals surface area (Å²) in [6.07, 6.45) is -0.0464. The predicted molar refractivity (Wildman–Crippen MR) is 81.3 cm³/mol. The number of methoxy groups -OCH3 is 1. The zero-order valence-electron chi connectivity index (χ0n) is 12.7. The van der Waals surface area contributed by atoms with Crippen LogP contribution in [0.25, 0.3) is 0 Å². The second-order valence-corrected chi connectivity index (χ2v) is 5.16. The summed E-state index contributed by atoms with van der Waals surface area (Å²) in [5, 5.41) is 2.92. The fourth-order valence-corrected chi connectivity index (χ4v) is 2.13. The highest BCUT2D eigenvalue weighted by atomic mass is 16.6. The molecule has 2 atom stereocenters. The zero-order valence-corrected chi connectivity index (χ0v) is 12.7. The van der Waals surface area contributed by atoms with Crippen LogP contribution in [0.15, 0.2) is 29.4 Å². The lowest BCUT2D eigenvalue weighted by Crippen LogP contribution is -2.25. The Balaban J connectivity index is 1.89. The van der Waals surface area contributed by atoms with Gasteiger partial charge in [0.2, 0.25) is 0 Å². The molecule has 1 heterocycles. The molecule has 2 unspecified atom stereocenters. The molecule has 0 N–H and O–H groups in total. The molecule has 1 aromatic carbocycles. The van der Waals surface area contributed by atoms with Crippen molar-refractivity contribution in [3.05, 3.63) is 29.2 Å². The molecule has 1 aliphatic rings. The first-order valence-corrected chi connectivity index (χ1v) is 7.16. The van der Waals surface area contributed by atoms with Gasteiger partial charge in [0.25, 0.3) is 0 Å². The van der Waals surface area contributed by atoms with Gasteiger partial charge < -0.3 is 14.2 Å². The van der Waals surface area contributed by atoms with Gasteiger partial charge in [0.15, 0.2) is 0 Å². The normalized spacial score (nSPS) is 18.9. The van der Waals surface area contributed by atoms with Gasteiger partial charge >= 0.3 is 6.09 Å². The lowest BCUT2D eigenvalue weighted by Gasteiger charge is -2.14. The van der Waals surface area contributed by atoms with E-state index in [-0.39, 0.29) is 18.2 Å². The van der Waals surface area contributed by atoms with Crippen molar-refractivity contribution in [1.29, 1.82) is 0 Å². The van der Waals surface area contributed by atoms with E-state index >= 15 is 0 Å². The molecule has 1 aromatic rings. The number of benzene rings is 1. The molecule has 1 amide bonds. The molecule has 0 aliphatic carbocycles. The highest BCUT2D eigenvalue weighted by molar-refractivity contribution is 5.89. The standard InChI is InChI=1S/C15H20N2O5/c1-11(16-19)7-8-21-13-5-3-12(4-6-13)17-9-14(10-20-2)22-15(17)18/h3-6,11,14H,7-10H2,1-2H3. The third-order valence-corrected chi connectivity index (χ3v) is 3.36. The number of hydrogen-bond donors (Lipinski definition) is 0. The van der Waals surface area contributed by atoms with Gasteiger partial charge in [-0.1, -0.05) is 5.18 Å². The average Bonchev–Trinajstić information content (AvgIpc) is 2.89. The number of cyclic esters (lactones) is 1. The topological polar surface area (TPSA) is 77.4 Å². The van der Waals surface area contributed by atoms with Crippen LogP contribution in [0.4, 0.5) is 10.5 Å². The van der Waals surface area contributed by atoms with Gasteiger partial charge in [0.05, 0.1) is 25.8 Å². The molecule has 2 rings (SSSR count). The third kappa shape index (κ3) is 4.17. The first kappa shape index (κ1) is 16.2. The lowest BCUT2D eigenvalue weighted by atomic mass is 10.2. The Morgan fingerprint density at radius 1 is 1.41 bits per heavy atom. The van der Waals surface area contributed by atoms with Gasteiger partial charge in [-0.05, 0) is 31.2 Å². The highest BCUT2D eigenvalue weighted by Gasteiger charge is 2.32. The molecule has 1 aliphatic heterocycles. The molecule has 1 fully saturated rings. The molecular formula is C15H20N2O5. The number of ether oxygens (including phenoxy) is 3. The number of anilines is 1. The summed E-state index contributed by atoms with van der Waals surface area (Å²) in [7, 11) is 1.57. The fraction of sp³-hybridized carbons (Fsp3) is 0.533. The van der Waals surface area contributed by atoms with Crippen molar-refractivity contribution < 1.29 is 19.0 Å². The monoisotopic (exact) mass is 308 g/mol.